The lowest BCUT2D eigenvalue weighted by Gasteiger charge is -2.43. The Hall–Kier alpha value is -1.06. The molecule has 21 heavy (non-hydrogen) atoms. The van der Waals surface area contributed by atoms with Gasteiger partial charge in [0.1, 0.15) is 0 Å². The van der Waals surface area contributed by atoms with Gasteiger partial charge in [-0.25, -0.2) is 0 Å². The molecule has 1 aliphatic heterocycles. The highest BCUT2D eigenvalue weighted by atomic mass is 15.3. The van der Waals surface area contributed by atoms with Gasteiger partial charge in [0.15, 0.2) is 0 Å². The Kier molecular flexibility index (Phi) is 4.95. The fourth-order valence-electron chi connectivity index (χ4n) is 3.09. The Morgan fingerprint density at radius 2 is 1.76 bits per heavy atom. The summed E-state index contributed by atoms with van der Waals surface area (Å²) >= 11 is 0. The maximum absolute atomic E-state index is 5.91. The van der Waals surface area contributed by atoms with Gasteiger partial charge in [-0.05, 0) is 64.3 Å². The minimum absolute atomic E-state index is 0.227. The van der Waals surface area contributed by atoms with Gasteiger partial charge in [0, 0.05) is 43.4 Å². The van der Waals surface area contributed by atoms with E-state index in [2.05, 4.69) is 62.6 Å². The maximum atomic E-state index is 5.91. The topological polar surface area (TPSA) is 32.5 Å². The molecule has 1 aromatic carbocycles. The number of rotatable bonds is 3. The predicted octanol–water partition coefficient (Wildman–Crippen LogP) is 2.81. The zero-order chi connectivity index (χ0) is 15.6. The monoisotopic (exact) mass is 289 g/mol. The van der Waals surface area contributed by atoms with Gasteiger partial charge >= 0.3 is 0 Å². The maximum Gasteiger partial charge on any atom is 0.0369 e. The summed E-state index contributed by atoms with van der Waals surface area (Å²) in [4.78, 5) is 5.08. The van der Waals surface area contributed by atoms with E-state index in [0.29, 0.717) is 0 Å². The quantitative estimate of drug-likeness (QED) is 0.929. The van der Waals surface area contributed by atoms with Crippen LogP contribution < -0.4 is 10.6 Å². The molecule has 1 aliphatic rings. The van der Waals surface area contributed by atoms with Crippen LogP contribution in [0.1, 0.15) is 38.8 Å². The zero-order valence-corrected chi connectivity index (χ0v) is 14.3. The highest BCUT2D eigenvalue weighted by Crippen LogP contribution is 2.23. The van der Waals surface area contributed by atoms with Gasteiger partial charge in [-0.2, -0.15) is 0 Å². The highest BCUT2D eigenvalue weighted by Gasteiger charge is 2.25. The number of piperazine rings is 1. The van der Waals surface area contributed by atoms with Crippen molar-refractivity contribution in [3.63, 3.8) is 0 Å². The van der Waals surface area contributed by atoms with E-state index < -0.39 is 0 Å². The van der Waals surface area contributed by atoms with Crippen molar-refractivity contribution >= 4 is 5.69 Å². The van der Waals surface area contributed by atoms with Gasteiger partial charge < -0.3 is 10.6 Å². The van der Waals surface area contributed by atoms with Crippen LogP contribution in [-0.4, -0.2) is 42.7 Å². The summed E-state index contributed by atoms with van der Waals surface area (Å²) in [5.74, 6) is 0. The van der Waals surface area contributed by atoms with E-state index in [9.17, 15) is 0 Å². The lowest BCUT2D eigenvalue weighted by molar-refractivity contribution is 0.128. The summed E-state index contributed by atoms with van der Waals surface area (Å²) in [6.07, 6.45) is 0.962. The predicted molar refractivity (Wildman–Crippen MR) is 92.1 cm³/mol. The second kappa shape index (κ2) is 6.37. The standard InChI is InChI=1S/C18H31N3/c1-14-12-17(7-6-16(14)13-15(2)19)20-8-10-21(11-9-20)18(3,4)5/h6-7,12,15H,8-11,13,19H2,1-5H3. The molecule has 118 valence electrons. The average molecular weight is 289 g/mol. The number of nitrogens with zero attached hydrogens (tertiary/aromatic N) is 2. The average Bonchev–Trinajstić information content (AvgIpc) is 2.40. The van der Waals surface area contributed by atoms with Crippen molar-refractivity contribution < 1.29 is 0 Å². The Morgan fingerprint density at radius 3 is 2.24 bits per heavy atom. The molecule has 0 amide bonds. The molecule has 3 heteroatoms. The summed E-state index contributed by atoms with van der Waals surface area (Å²) in [5, 5.41) is 0. The third-order valence-corrected chi connectivity index (χ3v) is 4.46. The molecule has 1 unspecified atom stereocenters. The molecule has 1 aromatic rings. The largest absolute Gasteiger partial charge is 0.369 e. The van der Waals surface area contributed by atoms with Gasteiger partial charge in [0.05, 0.1) is 0 Å². The molecule has 1 atom stereocenters. The van der Waals surface area contributed by atoms with E-state index in [0.717, 1.165) is 32.6 Å². The second-order valence-corrected chi connectivity index (χ2v) is 7.44. The summed E-state index contributed by atoms with van der Waals surface area (Å²) < 4.78 is 0. The van der Waals surface area contributed by atoms with Crippen LogP contribution in [-0.2, 0) is 6.42 Å². The summed E-state index contributed by atoms with van der Waals surface area (Å²) in [6, 6.07) is 7.07. The first-order valence-corrected chi connectivity index (χ1v) is 8.12. The third-order valence-electron chi connectivity index (χ3n) is 4.46. The first-order chi connectivity index (χ1) is 9.77. The molecule has 2 N–H and O–H groups in total. The van der Waals surface area contributed by atoms with Gasteiger partial charge in [0.2, 0.25) is 0 Å². The van der Waals surface area contributed by atoms with Crippen LogP contribution in [0.5, 0.6) is 0 Å². The van der Waals surface area contributed by atoms with Gasteiger partial charge in [-0.15, -0.1) is 0 Å². The minimum Gasteiger partial charge on any atom is -0.369 e. The third kappa shape index (κ3) is 4.21. The van der Waals surface area contributed by atoms with Crippen LogP contribution in [0.3, 0.4) is 0 Å². The fraction of sp³-hybridized carbons (Fsp3) is 0.667. The van der Waals surface area contributed by atoms with Crippen LogP contribution in [0, 0.1) is 6.92 Å². The minimum atomic E-state index is 0.227. The molecule has 1 heterocycles. The van der Waals surface area contributed by atoms with E-state index in [1.54, 1.807) is 0 Å². The number of aryl methyl sites for hydroxylation is 1. The summed E-state index contributed by atoms with van der Waals surface area (Å²) in [6.45, 7) is 15.7. The van der Waals surface area contributed by atoms with Gasteiger partial charge in [-0.3, -0.25) is 4.90 Å². The van der Waals surface area contributed by atoms with Crippen LogP contribution >= 0.6 is 0 Å². The lowest BCUT2D eigenvalue weighted by Crippen LogP contribution is -2.53. The van der Waals surface area contributed by atoms with Crippen LogP contribution in [0.15, 0.2) is 18.2 Å². The van der Waals surface area contributed by atoms with E-state index in [1.807, 2.05) is 0 Å². The molecule has 2 rings (SSSR count). The Morgan fingerprint density at radius 1 is 1.14 bits per heavy atom. The molecule has 3 nitrogen and oxygen atoms in total. The molecular formula is C18H31N3. The lowest BCUT2D eigenvalue weighted by atomic mass is 10.0. The summed E-state index contributed by atoms with van der Waals surface area (Å²) in [7, 11) is 0. The SMILES string of the molecule is Cc1cc(N2CCN(C(C)(C)C)CC2)ccc1CC(C)N. The van der Waals surface area contributed by atoms with Gasteiger partial charge in [0.25, 0.3) is 0 Å². The smallest absolute Gasteiger partial charge is 0.0369 e. The number of nitrogens with two attached hydrogens (primary N) is 1. The normalized spacial score (nSPS) is 18.9. The molecule has 0 spiro atoms. The highest BCUT2D eigenvalue weighted by molar-refractivity contribution is 5.51. The van der Waals surface area contributed by atoms with E-state index in [1.165, 1.54) is 16.8 Å². The molecule has 0 radical (unpaired) electrons. The van der Waals surface area contributed by atoms with Crippen molar-refractivity contribution in [2.24, 2.45) is 5.73 Å². The number of hydrogen-bond acceptors (Lipinski definition) is 3. The van der Waals surface area contributed by atoms with Crippen molar-refractivity contribution in [3.8, 4) is 0 Å². The molecule has 1 fully saturated rings. The fourth-order valence-corrected chi connectivity index (χ4v) is 3.09. The molecule has 0 bridgehead atoms. The Balaban J connectivity index is 2.02. The van der Waals surface area contributed by atoms with E-state index >= 15 is 0 Å². The molecule has 0 aromatic heterocycles. The van der Waals surface area contributed by atoms with Crippen molar-refractivity contribution in [2.45, 2.75) is 52.6 Å². The van der Waals surface area contributed by atoms with E-state index in [-0.39, 0.29) is 11.6 Å². The summed E-state index contributed by atoms with van der Waals surface area (Å²) in [5.41, 5.74) is 10.3. The van der Waals surface area contributed by atoms with Crippen molar-refractivity contribution in [2.75, 3.05) is 31.1 Å². The van der Waals surface area contributed by atoms with Crippen LogP contribution in [0.2, 0.25) is 0 Å². The number of benzene rings is 1. The van der Waals surface area contributed by atoms with E-state index in [4.69, 9.17) is 5.73 Å². The molecule has 0 aliphatic carbocycles. The second-order valence-electron chi connectivity index (χ2n) is 7.44. The first-order valence-electron chi connectivity index (χ1n) is 8.12. The molecule has 1 saturated heterocycles. The Bertz CT molecular complexity index is 466. The molecule has 0 saturated carbocycles. The first kappa shape index (κ1) is 16.3. The Labute approximate surface area is 130 Å². The zero-order valence-electron chi connectivity index (χ0n) is 14.3. The van der Waals surface area contributed by atoms with Crippen molar-refractivity contribution in [1.82, 2.24) is 4.90 Å². The number of hydrogen-bond donors (Lipinski definition) is 1. The van der Waals surface area contributed by atoms with Gasteiger partial charge in [-0.1, -0.05) is 6.07 Å². The van der Waals surface area contributed by atoms with Crippen molar-refractivity contribution in [1.29, 1.82) is 0 Å². The van der Waals surface area contributed by atoms with Crippen LogP contribution in [0.25, 0.3) is 0 Å². The van der Waals surface area contributed by atoms with Crippen molar-refractivity contribution in [3.05, 3.63) is 29.3 Å². The van der Waals surface area contributed by atoms with Crippen LogP contribution in [0.4, 0.5) is 5.69 Å². The number of anilines is 1. The molecular weight excluding hydrogens is 258 g/mol.